The van der Waals surface area contributed by atoms with Crippen LogP contribution in [0.25, 0.3) is 0 Å². The van der Waals surface area contributed by atoms with Crippen LogP contribution < -0.4 is 10.1 Å². The van der Waals surface area contributed by atoms with Gasteiger partial charge in [-0.25, -0.2) is 13.2 Å². The van der Waals surface area contributed by atoms with Gasteiger partial charge in [0.1, 0.15) is 5.75 Å². The minimum Gasteiger partial charge on any atom is -0.494 e. The number of ether oxygens (including phenoxy) is 2. The van der Waals surface area contributed by atoms with Crippen molar-refractivity contribution in [2.45, 2.75) is 51.3 Å². The fraction of sp³-hybridized carbons (Fsp3) is 0.480. The number of urea groups is 1. The van der Waals surface area contributed by atoms with E-state index in [2.05, 4.69) is 5.32 Å². The van der Waals surface area contributed by atoms with Crippen molar-refractivity contribution < 1.29 is 22.7 Å². The van der Waals surface area contributed by atoms with E-state index in [-0.39, 0.29) is 29.6 Å². The summed E-state index contributed by atoms with van der Waals surface area (Å²) < 4.78 is 38.5. The van der Waals surface area contributed by atoms with Crippen molar-refractivity contribution in [1.29, 1.82) is 0 Å². The fourth-order valence-electron chi connectivity index (χ4n) is 3.57. The van der Waals surface area contributed by atoms with E-state index >= 15 is 0 Å². The monoisotopic (exact) mass is 489 g/mol. The Morgan fingerprint density at radius 3 is 2.26 bits per heavy atom. The van der Waals surface area contributed by atoms with E-state index in [0.29, 0.717) is 38.6 Å². The van der Waals surface area contributed by atoms with Gasteiger partial charge in [-0.05, 0) is 63.1 Å². The van der Waals surface area contributed by atoms with Crippen molar-refractivity contribution in [2.24, 2.45) is 0 Å². The van der Waals surface area contributed by atoms with Crippen molar-refractivity contribution in [3.05, 3.63) is 59.7 Å². The lowest BCUT2D eigenvalue weighted by atomic mass is 10.1. The predicted octanol–water partition coefficient (Wildman–Crippen LogP) is 3.62. The Morgan fingerprint density at radius 2 is 1.65 bits per heavy atom. The fourth-order valence-corrected chi connectivity index (χ4v) is 5.00. The molecule has 8 nitrogen and oxygen atoms in total. The SMILES string of the molecule is CCOc1ccc(S(=O)(=O)N2CCN(C(=O)NCc3cccc(COC(C)(C)C)c3)CC2)cc1. The summed E-state index contributed by atoms with van der Waals surface area (Å²) >= 11 is 0. The number of sulfonamides is 1. The van der Waals surface area contributed by atoms with Crippen LogP contribution in [-0.4, -0.2) is 62.0 Å². The molecule has 186 valence electrons. The number of hydrogen-bond acceptors (Lipinski definition) is 5. The maximum Gasteiger partial charge on any atom is 0.317 e. The van der Waals surface area contributed by atoms with Gasteiger partial charge < -0.3 is 19.7 Å². The molecule has 34 heavy (non-hydrogen) atoms. The minimum absolute atomic E-state index is 0.200. The molecule has 0 aliphatic carbocycles. The number of piperazine rings is 1. The average molecular weight is 490 g/mol. The highest BCUT2D eigenvalue weighted by atomic mass is 32.2. The zero-order chi connectivity index (χ0) is 24.8. The molecule has 1 aliphatic heterocycles. The Labute approximate surface area is 202 Å². The number of hydrogen-bond donors (Lipinski definition) is 1. The van der Waals surface area contributed by atoms with Crippen LogP contribution in [0.5, 0.6) is 5.75 Å². The molecule has 0 bridgehead atoms. The lowest BCUT2D eigenvalue weighted by molar-refractivity contribution is -0.0149. The van der Waals surface area contributed by atoms with E-state index < -0.39 is 10.0 Å². The smallest absolute Gasteiger partial charge is 0.317 e. The van der Waals surface area contributed by atoms with Gasteiger partial charge in [-0.1, -0.05) is 24.3 Å². The molecule has 0 radical (unpaired) electrons. The van der Waals surface area contributed by atoms with Gasteiger partial charge in [-0.2, -0.15) is 4.31 Å². The third-order valence-corrected chi connectivity index (χ3v) is 7.32. The zero-order valence-electron chi connectivity index (χ0n) is 20.4. The second kappa shape index (κ2) is 11.2. The third-order valence-electron chi connectivity index (χ3n) is 5.41. The van der Waals surface area contributed by atoms with Gasteiger partial charge in [0.2, 0.25) is 10.0 Å². The Balaban J connectivity index is 1.50. The van der Waals surface area contributed by atoms with Crippen LogP contribution in [0.2, 0.25) is 0 Å². The molecule has 1 N–H and O–H groups in total. The molecule has 2 amide bonds. The van der Waals surface area contributed by atoms with E-state index in [9.17, 15) is 13.2 Å². The molecular formula is C25H35N3O5S. The molecule has 1 heterocycles. The minimum atomic E-state index is -3.61. The molecular weight excluding hydrogens is 454 g/mol. The summed E-state index contributed by atoms with van der Waals surface area (Å²) in [6.45, 7) is 10.5. The first-order valence-corrected chi connectivity index (χ1v) is 13.0. The standard InChI is InChI=1S/C25H35N3O5S/c1-5-32-22-9-11-23(12-10-22)34(30,31)28-15-13-27(14-16-28)24(29)26-18-20-7-6-8-21(17-20)19-33-25(2,3)4/h6-12,17H,5,13-16,18-19H2,1-4H3,(H,26,29). The summed E-state index contributed by atoms with van der Waals surface area (Å²) in [5.41, 5.74) is 1.82. The summed E-state index contributed by atoms with van der Waals surface area (Å²) in [7, 11) is -3.61. The number of carbonyl (C=O) groups is 1. The third kappa shape index (κ3) is 7.19. The molecule has 0 spiro atoms. The summed E-state index contributed by atoms with van der Waals surface area (Å²) in [6, 6.07) is 14.2. The molecule has 0 atom stereocenters. The lowest BCUT2D eigenvalue weighted by Gasteiger charge is -2.34. The van der Waals surface area contributed by atoms with E-state index in [1.165, 1.54) is 4.31 Å². The van der Waals surface area contributed by atoms with E-state index in [0.717, 1.165) is 11.1 Å². The normalized spacial score (nSPS) is 15.2. The van der Waals surface area contributed by atoms with Crippen molar-refractivity contribution in [1.82, 2.24) is 14.5 Å². The van der Waals surface area contributed by atoms with Gasteiger partial charge in [-0.3, -0.25) is 0 Å². The number of rotatable bonds is 8. The van der Waals surface area contributed by atoms with Crippen LogP contribution in [-0.2, 0) is 27.9 Å². The maximum absolute atomic E-state index is 12.9. The molecule has 0 aromatic heterocycles. The molecule has 2 aromatic rings. The number of carbonyl (C=O) groups excluding carboxylic acids is 1. The van der Waals surface area contributed by atoms with E-state index in [1.807, 2.05) is 52.0 Å². The Bertz CT molecular complexity index is 1060. The van der Waals surface area contributed by atoms with Crippen LogP contribution in [0, 0.1) is 0 Å². The van der Waals surface area contributed by atoms with Crippen LogP contribution in [0.15, 0.2) is 53.4 Å². The van der Waals surface area contributed by atoms with Gasteiger partial charge in [0.25, 0.3) is 0 Å². The summed E-state index contributed by atoms with van der Waals surface area (Å²) in [6.07, 6.45) is 0. The van der Waals surface area contributed by atoms with Crippen LogP contribution in [0.4, 0.5) is 4.79 Å². The highest BCUT2D eigenvalue weighted by Gasteiger charge is 2.30. The second-order valence-corrected chi connectivity index (χ2v) is 11.1. The van der Waals surface area contributed by atoms with Gasteiger partial charge in [0.15, 0.2) is 0 Å². The largest absolute Gasteiger partial charge is 0.494 e. The van der Waals surface area contributed by atoms with Crippen molar-refractivity contribution in [2.75, 3.05) is 32.8 Å². The van der Waals surface area contributed by atoms with Crippen LogP contribution in [0.1, 0.15) is 38.8 Å². The lowest BCUT2D eigenvalue weighted by Crippen LogP contribution is -2.52. The highest BCUT2D eigenvalue weighted by Crippen LogP contribution is 2.21. The Kier molecular flexibility index (Phi) is 8.57. The quantitative estimate of drug-likeness (QED) is 0.612. The van der Waals surface area contributed by atoms with Crippen molar-refractivity contribution in [3.8, 4) is 5.75 Å². The first kappa shape index (κ1) is 26.0. The molecule has 3 rings (SSSR count). The Hall–Kier alpha value is -2.62. The van der Waals surface area contributed by atoms with Gasteiger partial charge in [0.05, 0.1) is 23.7 Å². The van der Waals surface area contributed by atoms with Crippen LogP contribution >= 0.6 is 0 Å². The van der Waals surface area contributed by atoms with Crippen molar-refractivity contribution in [3.63, 3.8) is 0 Å². The molecule has 0 saturated carbocycles. The predicted molar refractivity (Wildman–Crippen MR) is 131 cm³/mol. The van der Waals surface area contributed by atoms with E-state index in [1.54, 1.807) is 29.2 Å². The summed E-state index contributed by atoms with van der Waals surface area (Å²) in [5, 5.41) is 2.94. The molecule has 1 saturated heterocycles. The second-order valence-electron chi connectivity index (χ2n) is 9.18. The van der Waals surface area contributed by atoms with Gasteiger partial charge in [0, 0.05) is 32.7 Å². The van der Waals surface area contributed by atoms with Gasteiger partial charge in [-0.15, -0.1) is 0 Å². The van der Waals surface area contributed by atoms with Crippen molar-refractivity contribution >= 4 is 16.1 Å². The summed E-state index contributed by atoms with van der Waals surface area (Å²) in [4.78, 5) is 14.5. The van der Waals surface area contributed by atoms with Crippen LogP contribution in [0.3, 0.4) is 0 Å². The molecule has 1 fully saturated rings. The first-order valence-electron chi connectivity index (χ1n) is 11.6. The average Bonchev–Trinajstić information content (AvgIpc) is 2.82. The number of nitrogens with zero attached hydrogens (tertiary/aromatic N) is 2. The molecule has 9 heteroatoms. The molecule has 2 aromatic carbocycles. The first-order chi connectivity index (χ1) is 16.1. The highest BCUT2D eigenvalue weighted by molar-refractivity contribution is 7.89. The van der Waals surface area contributed by atoms with E-state index in [4.69, 9.17) is 9.47 Å². The zero-order valence-corrected chi connectivity index (χ0v) is 21.2. The Morgan fingerprint density at radius 1 is 1.00 bits per heavy atom. The maximum atomic E-state index is 12.9. The topological polar surface area (TPSA) is 88.2 Å². The number of nitrogens with one attached hydrogen (secondary N) is 1. The summed E-state index contributed by atoms with van der Waals surface area (Å²) in [5.74, 6) is 0.634. The number of amides is 2. The van der Waals surface area contributed by atoms with Gasteiger partial charge >= 0.3 is 6.03 Å². The number of benzene rings is 2. The molecule has 1 aliphatic rings. The molecule has 0 unspecified atom stereocenters.